The highest BCUT2D eigenvalue weighted by Gasteiger charge is 2.17. The van der Waals surface area contributed by atoms with Crippen molar-refractivity contribution in [1.29, 1.82) is 0 Å². The third kappa shape index (κ3) is 1.35. The Morgan fingerprint density at radius 2 is 2.07 bits per heavy atom. The van der Waals surface area contributed by atoms with Crippen LogP contribution in [0.5, 0.6) is 0 Å². The summed E-state index contributed by atoms with van der Waals surface area (Å²) >= 11 is 0. The first kappa shape index (κ1) is 8.75. The van der Waals surface area contributed by atoms with Crippen molar-refractivity contribution >= 4 is 12.0 Å². The normalized spacial score (nSPS) is 14.6. The van der Waals surface area contributed by atoms with Gasteiger partial charge in [0.1, 0.15) is 0 Å². The fourth-order valence-corrected chi connectivity index (χ4v) is 1.63. The van der Waals surface area contributed by atoms with Crippen molar-refractivity contribution in [1.82, 2.24) is 0 Å². The van der Waals surface area contributed by atoms with E-state index in [1.165, 1.54) is 0 Å². The standard InChI is InChI=1S/C12H10O2/c1-8-6-9-4-2-3-5-10(9)7-11(8)12(13)14/h2-5,7H,1,6H2,(H,13,14). The van der Waals surface area contributed by atoms with Crippen LogP contribution in [0.1, 0.15) is 11.1 Å². The Labute approximate surface area is 82.2 Å². The molecule has 0 atom stereocenters. The van der Waals surface area contributed by atoms with Gasteiger partial charge >= 0.3 is 5.97 Å². The second-order valence-electron chi connectivity index (χ2n) is 3.34. The van der Waals surface area contributed by atoms with Gasteiger partial charge in [0.15, 0.2) is 0 Å². The minimum Gasteiger partial charge on any atom is -0.478 e. The Hall–Kier alpha value is -1.83. The third-order valence-corrected chi connectivity index (χ3v) is 2.37. The topological polar surface area (TPSA) is 37.3 Å². The van der Waals surface area contributed by atoms with Crippen LogP contribution in [0, 0.1) is 0 Å². The second-order valence-corrected chi connectivity index (χ2v) is 3.34. The third-order valence-electron chi connectivity index (χ3n) is 2.37. The average Bonchev–Trinajstić information content (AvgIpc) is 2.16. The Kier molecular flexibility index (Phi) is 1.97. The van der Waals surface area contributed by atoms with E-state index in [4.69, 9.17) is 5.11 Å². The van der Waals surface area contributed by atoms with Crippen LogP contribution in [-0.4, -0.2) is 11.1 Å². The number of carbonyl (C=O) groups is 1. The molecule has 0 saturated carbocycles. The van der Waals surface area contributed by atoms with Crippen LogP contribution in [0.25, 0.3) is 6.08 Å². The second kappa shape index (κ2) is 3.14. The van der Waals surface area contributed by atoms with E-state index in [1.54, 1.807) is 6.08 Å². The Balaban J connectivity index is 2.54. The monoisotopic (exact) mass is 186 g/mol. The highest BCUT2D eigenvalue weighted by molar-refractivity contribution is 5.98. The van der Waals surface area contributed by atoms with Crippen molar-refractivity contribution in [2.75, 3.05) is 0 Å². The van der Waals surface area contributed by atoms with Gasteiger partial charge in [0, 0.05) is 0 Å². The number of carboxylic acids is 1. The number of hydrogen-bond donors (Lipinski definition) is 1. The van der Waals surface area contributed by atoms with E-state index < -0.39 is 5.97 Å². The molecule has 1 aliphatic carbocycles. The van der Waals surface area contributed by atoms with Crippen LogP contribution in [0.2, 0.25) is 0 Å². The highest BCUT2D eigenvalue weighted by atomic mass is 16.4. The molecular formula is C12H10O2. The Morgan fingerprint density at radius 1 is 1.36 bits per heavy atom. The lowest BCUT2D eigenvalue weighted by molar-refractivity contribution is -0.132. The van der Waals surface area contributed by atoms with Crippen LogP contribution >= 0.6 is 0 Å². The van der Waals surface area contributed by atoms with Gasteiger partial charge < -0.3 is 5.11 Å². The highest BCUT2D eigenvalue weighted by Crippen LogP contribution is 2.26. The fourth-order valence-electron chi connectivity index (χ4n) is 1.63. The average molecular weight is 186 g/mol. The fraction of sp³-hybridized carbons (Fsp3) is 0.0833. The van der Waals surface area contributed by atoms with Gasteiger partial charge in [0.2, 0.25) is 0 Å². The van der Waals surface area contributed by atoms with E-state index >= 15 is 0 Å². The zero-order valence-corrected chi connectivity index (χ0v) is 7.66. The van der Waals surface area contributed by atoms with E-state index in [0.717, 1.165) is 11.1 Å². The first-order chi connectivity index (χ1) is 6.68. The van der Waals surface area contributed by atoms with Crippen LogP contribution in [0.15, 0.2) is 42.0 Å². The number of rotatable bonds is 1. The molecule has 70 valence electrons. The first-order valence-electron chi connectivity index (χ1n) is 4.39. The molecule has 2 nitrogen and oxygen atoms in total. The SMILES string of the molecule is C=C1Cc2ccccc2C=C1C(=O)O. The summed E-state index contributed by atoms with van der Waals surface area (Å²) in [6, 6.07) is 7.77. The van der Waals surface area contributed by atoms with Gasteiger partial charge in [-0.25, -0.2) is 4.79 Å². The molecule has 0 spiro atoms. The predicted molar refractivity (Wildman–Crippen MR) is 54.9 cm³/mol. The molecule has 1 aliphatic rings. The zero-order chi connectivity index (χ0) is 10.1. The molecule has 1 aromatic carbocycles. The molecule has 1 aromatic rings. The molecule has 0 fully saturated rings. The first-order valence-corrected chi connectivity index (χ1v) is 4.39. The lowest BCUT2D eigenvalue weighted by Crippen LogP contribution is -2.09. The maximum absolute atomic E-state index is 10.8. The predicted octanol–water partition coefficient (Wildman–Crippen LogP) is 2.27. The maximum atomic E-state index is 10.8. The van der Waals surface area contributed by atoms with Gasteiger partial charge in [-0.15, -0.1) is 0 Å². The van der Waals surface area contributed by atoms with E-state index in [-0.39, 0.29) is 0 Å². The van der Waals surface area contributed by atoms with E-state index in [0.29, 0.717) is 17.6 Å². The molecule has 0 heterocycles. The number of hydrogen-bond acceptors (Lipinski definition) is 1. The molecule has 14 heavy (non-hydrogen) atoms. The van der Waals surface area contributed by atoms with Gasteiger partial charge in [0.25, 0.3) is 0 Å². The maximum Gasteiger partial charge on any atom is 0.335 e. The molecule has 2 rings (SSSR count). The summed E-state index contributed by atoms with van der Waals surface area (Å²) in [4.78, 5) is 10.8. The summed E-state index contributed by atoms with van der Waals surface area (Å²) in [6.45, 7) is 3.77. The van der Waals surface area contributed by atoms with Crippen LogP contribution in [0.4, 0.5) is 0 Å². The number of fused-ring (bicyclic) bond motifs is 1. The van der Waals surface area contributed by atoms with Gasteiger partial charge in [0.05, 0.1) is 5.57 Å². The van der Waals surface area contributed by atoms with Crippen molar-refractivity contribution in [3.8, 4) is 0 Å². The molecular weight excluding hydrogens is 176 g/mol. The quantitative estimate of drug-likeness (QED) is 0.730. The lowest BCUT2D eigenvalue weighted by atomic mass is 9.89. The minimum absolute atomic E-state index is 0.323. The molecule has 0 saturated heterocycles. The van der Waals surface area contributed by atoms with Gasteiger partial charge in [-0.3, -0.25) is 0 Å². The van der Waals surface area contributed by atoms with Gasteiger partial charge in [-0.2, -0.15) is 0 Å². The number of aliphatic carboxylic acids is 1. The van der Waals surface area contributed by atoms with Gasteiger partial charge in [-0.1, -0.05) is 30.8 Å². The van der Waals surface area contributed by atoms with Crippen molar-refractivity contribution in [3.63, 3.8) is 0 Å². The summed E-state index contributed by atoms with van der Waals surface area (Å²) < 4.78 is 0. The molecule has 2 heteroatoms. The number of carboxylic acid groups (broad SMARTS) is 1. The van der Waals surface area contributed by atoms with Crippen LogP contribution in [0.3, 0.4) is 0 Å². The minimum atomic E-state index is -0.899. The zero-order valence-electron chi connectivity index (χ0n) is 7.66. The lowest BCUT2D eigenvalue weighted by Gasteiger charge is -2.15. The van der Waals surface area contributed by atoms with Crippen LogP contribution < -0.4 is 0 Å². The molecule has 0 aliphatic heterocycles. The van der Waals surface area contributed by atoms with Crippen molar-refractivity contribution < 1.29 is 9.90 Å². The molecule has 0 bridgehead atoms. The molecule has 0 radical (unpaired) electrons. The van der Waals surface area contributed by atoms with Crippen molar-refractivity contribution in [3.05, 3.63) is 53.1 Å². The molecule has 0 aromatic heterocycles. The van der Waals surface area contributed by atoms with E-state index in [9.17, 15) is 4.79 Å². The van der Waals surface area contributed by atoms with E-state index in [1.807, 2.05) is 24.3 Å². The van der Waals surface area contributed by atoms with Crippen molar-refractivity contribution in [2.24, 2.45) is 0 Å². The smallest absolute Gasteiger partial charge is 0.335 e. The number of benzene rings is 1. The summed E-state index contributed by atoms with van der Waals surface area (Å²) in [5.74, 6) is -0.899. The summed E-state index contributed by atoms with van der Waals surface area (Å²) in [5, 5.41) is 8.91. The Morgan fingerprint density at radius 3 is 2.79 bits per heavy atom. The molecule has 1 N–H and O–H groups in total. The van der Waals surface area contributed by atoms with E-state index in [2.05, 4.69) is 6.58 Å². The van der Waals surface area contributed by atoms with Gasteiger partial charge in [-0.05, 0) is 29.2 Å². The summed E-state index contributed by atoms with van der Waals surface area (Å²) in [7, 11) is 0. The Bertz CT molecular complexity index is 441. The molecule has 0 unspecified atom stereocenters. The van der Waals surface area contributed by atoms with Crippen LogP contribution in [-0.2, 0) is 11.2 Å². The summed E-state index contributed by atoms with van der Waals surface area (Å²) in [5.41, 5.74) is 3.12. The van der Waals surface area contributed by atoms with Crippen molar-refractivity contribution in [2.45, 2.75) is 6.42 Å². The molecule has 0 amide bonds. The largest absolute Gasteiger partial charge is 0.478 e. The summed E-state index contributed by atoms with van der Waals surface area (Å²) in [6.07, 6.45) is 2.32.